The summed E-state index contributed by atoms with van der Waals surface area (Å²) in [4.78, 5) is 29.1. The molecule has 0 saturated heterocycles. The Kier molecular flexibility index (Phi) is 3.36. The Labute approximate surface area is 127 Å². The molecule has 0 saturated carbocycles. The average molecular weight is 297 g/mol. The third-order valence-electron chi connectivity index (χ3n) is 3.82. The number of benzene rings is 1. The van der Waals surface area contributed by atoms with Gasteiger partial charge in [0, 0.05) is 29.6 Å². The molecule has 1 aromatic heterocycles. The van der Waals surface area contributed by atoms with Gasteiger partial charge in [-0.1, -0.05) is 6.07 Å². The summed E-state index contributed by atoms with van der Waals surface area (Å²) in [6.45, 7) is 3.76. The lowest BCUT2D eigenvalue weighted by Gasteiger charge is -2.22. The van der Waals surface area contributed by atoms with E-state index in [1.165, 1.54) is 6.07 Å². The van der Waals surface area contributed by atoms with E-state index < -0.39 is 4.92 Å². The number of amides is 1. The zero-order valence-electron chi connectivity index (χ0n) is 12.3. The molecule has 112 valence electrons. The largest absolute Gasteiger partial charge is 0.304 e. The van der Waals surface area contributed by atoms with Crippen LogP contribution in [0.5, 0.6) is 0 Å². The number of nitro benzene ring substituents is 1. The third-order valence-corrected chi connectivity index (χ3v) is 3.82. The highest BCUT2D eigenvalue weighted by Gasteiger charge is 2.33. The number of rotatable bonds is 2. The van der Waals surface area contributed by atoms with E-state index in [0.29, 0.717) is 12.1 Å². The van der Waals surface area contributed by atoms with E-state index in [-0.39, 0.29) is 17.6 Å². The van der Waals surface area contributed by atoms with Gasteiger partial charge in [-0.2, -0.15) is 0 Å². The van der Waals surface area contributed by atoms with Crippen molar-refractivity contribution < 1.29 is 9.72 Å². The minimum absolute atomic E-state index is 0.0492. The van der Waals surface area contributed by atoms with Crippen LogP contribution in [0.15, 0.2) is 36.4 Å². The second-order valence-electron chi connectivity index (χ2n) is 5.46. The lowest BCUT2D eigenvalue weighted by molar-refractivity contribution is -0.384. The zero-order valence-corrected chi connectivity index (χ0v) is 12.3. The number of pyridine rings is 1. The molecule has 0 radical (unpaired) electrons. The van der Waals surface area contributed by atoms with E-state index >= 15 is 0 Å². The Hall–Kier alpha value is -2.76. The van der Waals surface area contributed by atoms with Crippen molar-refractivity contribution in [1.82, 2.24) is 4.98 Å². The molecule has 6 nitrogen and oxygen atoms in total. The molecule has 1 atom stereocenters. The second-order valence-corrected chi connectivity index (χ2v) is 5.46. The van der Waals surface area contributed by atoms with Gasteiger partial charge in [0.15, 0.2) is 0 Å². The van der Waals surface area contributed by atoms with Crippen LogP contribution < -0.4 is 4.90 Å². The minimum atomic E-state index is -0.419. The summed E-state index contributed by atoms with van der Waals surface area (Å²) in [6, 6.07) is 9.89. The summed E-state index contributed by atoms with van der Waals surface area (Å²) >= 11 is 0. The first-order valence-electron chi connectivity index (χ1n) is 7.02. The van der Waals surface area contributed by atoms with Crippen LogP contribution in [-0.2, 0) is 6.42 Å². The molecule has 0 spiro atoms. The molecule has 0 unspecified atom stereocenters. The van der Waals surface area contributed by atoms with Gasteiger partial charge in [-0.25, -0.2) is 4.98 Å². The number of non-ortho nitro benzene ring substituents is 1. The van der Waals surface area contributed by atoms with Crippen molar-refractivity contribution >= 4 is 17.3 Å². The summed E-state index contributed by atoms with van der Waals surface area (Å²) < 4.78 is 0. The Morgan fingerprint density at radius 2 is 2.14 bits per heavy atom. The van der Waals surface area contributed by atoms with Crippen molar-refractivity contribution in [2.45, 2.75) is 26.3 Å². The number of anilines is 1. The molecule has 22 heavy (non-hydrogen) atoms. The summed E-state index contributed by atoms with van der Waals surface area (Å²) in [5.74, 6) is -0.177. The SMILES string of the molecule is Cc1cccc(C(=O)N2c3ccc([N+](=O)[O-])cc3C[C@H]2C)n1. The molecule has 2 aromatic rings. The molecule has 2 heterocycles. The van der Waals surface area contributed by atoms with Crippen LogP contribution in [0.25, 0.3) is 0 Å². The molecule has 0 N–H and O–H groups in total. The van der Waals surface area contributed by atoms with Crippen LogP contribution >= 0.6 is 0 Å². The van der Waals surface area contributed by atoms with Gasteiger partial charge in [-0.15, -0.1) is 0 Å². The maximum absolute atomic E-state index is 12.7. The number of hydrogen-bond acceptors (Lipinski definition) is 4. The molecule has 0 bridgehead atoms. The van der Waals surface area contributed by atoms with Crippen molar-refractivity contribution in [2.75, 3.05) is 4.90 Å². The van der Waals surface area contributed by atoms with Crippen molar-refractivity contribution in [3.8, 4) is 0 Å². The topological polar surface area (TPSA) is 76.3 Å². The van der Waals surface area contributed by atoms with E-state index in [1.807, 2.05) is 19.9 Å². The predicted octanol–water partition coefficient (Wildman–Crippen LogP) is 2.89. The van der Waals surface area contributed by atoms with Gasteiger partial charge in [0.2, 0.25) is 0 Å². The second kappa shape index (κ2) is 5.22. The van der Waals surface area contributed by atoms with Crippen molar-refractivity contribution in [2.24, 2.45) is 0 Å². The molecule has 1 aliphatic heterocycles. The predicted molar refractivity (Wildman–Crippen MR) is 82.0 cm³/mol. The van der Waals surface area contributed by atoms with Crippen molar-refractivity contribution in [1.29, 1.82) is 0 Å². The first kappa shape index (κ1) is 14.2. The van der Waals surface area contributed by atoms with E-state index in [9.17, 15) is 14.9 Å². The molecule has 0 fully saturated rings. The van der Waals surface area contributed by atoms with Gasteiger partial charge in [0.25, 0.3) is 11.6 Å². The number of nitro groups is 1. The Balaban J connectivity index is 2.00. The van der Waals surface area contributed by atoms with Crippen molar-refractivity contribution in [3.05, 3.63) is 63.5 Å². The number of carbonyl (C=O) groups excluding carboxylic acids is 1. The summed E-state index contributed by atoms with van der Waals surface area (Å²) in [5, 5.41) is 10.9. The number of fused-ring (bicyclic) bond motifs is 1. The Morgan fingerprint density at radius 3 is 2.82 bits per heavy atom. The molecular formula is C16H15N3O3. The quantitative estimate of drug-likeness (QED) is 0.631. The van der Waals surface area contributed by atoms with Crippen LogP contribution in [-0.4, -0.2) is 21.9 Å². The van der Waals surface area contributed by atoms with Crippen LogP contribution in [0.1, 0.15) is 28.7 Å². The van der Waals surface area contributed by atoms with Crippen LogP contribution in [0, 0.1) is 17.0 Å². The number of carbonyl (C=O) groups is 1. The Morgan fingerprint density at radius 1 is 1.36 bits per heavy atom. The first-order chi connectivity index (χ1) is 10.5. The fourth-order valence-electron chi connectivity index (χ4n) is 2.83. The van der Waals surface area contributed by atoms with Crippen molar-refractivity contribution in [3.63, 3.8) is 0 Å². The minimum Gasteiger partial charge on any atom is -0.304 e. The standard InChI is InChI=1S/C16H15N3O3/c1-10-4-3-5-14(17-10)16(20)18-11(2)8-12-9-13(19(21)22)6-7-15(12)18/h3-7,9,11H,8H2,1-2H3/t11-/m1/s1. The highest BCUT2D eigenvalue weighted by atomic mass is 16.6. The normalized spacial score (nSPS) is 16.5. The maximum Gasteiger partial charge on any atom is 0.277 e. The molecule has 3 rings (SSSR count). The lowest BCUT2D eigenvalue weighted by atomic mass is 10.1. The van der Waals surface area contributed by atoms with Gasteiger partial charge in [0.1, 0.15) is 5.69 Å². The van der Waals surface area contributed by atoms with E-state index in [4.69, 9.17) is 0 Å². The highest BCUT2D eigenvalue weighted by Crippen LogP contribution is 2.35. The van der Waals surface area contributed by atoms with Crippen LogP contribution in [0.2, 0.25) is 0 Å². The van der Waals surface area contributed by atoms with Crippen LogP contribution in [0.3, 0.4) is 0 Å². The van der Waals surface area contributed by atoms with Gasteiger partial charge in [0.05, 0.1) is 4.92 Å². The number of hydrogen-bond donors (Lipinski definition) is 0. The monoisotopic (exact) mass is 297 g/mol. The van der Waals surface area contributed by atoms with E-state index in [0.717, 1.165) is 16.9 Å². The van der Waals surface area contributed by atoms with Gasteiger partial charge < -0.3 is 4.90 Å². The molecule has 1 amide bonds. The number of aryl methyl sites for hydroxylation is 1. The molecular weight excluding hydrogens is 282 g/mol. The smallest absolute Gasteiger partial charge is 0.277 e. The summed E-state index contributed by atoms with van der Waals surface area (Å²) in [6.07, 6.45) is 0.606. The first-order valence-corrected chi connectivity index (χ1v) is 7.02. The molecule has 6 heteroatoms. The zero-order chi connectivity index (χ0) is 15.9. The Bertz CT molecular complexity index is 773. The maximum atomic E-state index is 12.7. The highest BCUT2D eigenvalue weighted by molar-refractivity contribution is 6.06. The average Bonchev–Trinajstić information content (AvgIpc) is 2.81. The van der Waals surface area contributed by atoms with E-state index in [1.54, 1.807) is 29.2 Å². The van der Waals surface area contributed by atoms with Gasteiger partial charge >= 0.3 is 0 Å². The summed E-state index contributed by atoms with van der Waals surface area (Å²) in [7, 11) is 0. The molecule has 1 aromatic carbocycles. The fraction of sp³-hybridized carbons (Fsp3) is 0.250. The molecule has 0 aliphatic carbocycles. The fourth-order valence-corrected chi connectivity index (χ4v) is 2.83. The van der Waals surface area contributed by atoms with E-state index in [2.05, 4.69) is 4.98 Å². The van der Waals surface area contributed by atoms with Crippen LogP contribution in [0.4, 0.5) is 11.4 Å². The third kappa shape index (κ3) is 2.32. The molecule has 1 aliphatic rings. The van der Waals surface area contributed by atoms with Gasteiger partial charge in [-0.3, -0.25) is 14.9 Å². The number of aromatic nitrogens is 1. The summed E-state index contributed by atoms with van der Waals surface area (Å²) in [5.41, 5.74) is 2.77. The lowest BCUT2D eigenvalue weighted by Crippen LogP contribution is -2.36. The number of nitrogens with zero attached hydrogens (tertiary/aromatic N) is 3. The van der Waals surface area contributed by atoms with Gasteiger partial charge in [-0.05, 0) is 44.0 Å².